The molecule has 11 heteroatoms. The maximum atomic E-state index is 14.7. The molecule has 4 aromatic carbocycles. The van der Waals surface area contributed by atoms with E-state index in [1.54, 1.807) is 22.7 Å². The third kappa shape index (κ3) is 10.3. The number of carbonyl (C=O) groups is 1. The van der Waals surface area contributed by atoms with Crippen molar-refractivity contribution in [1.82, 2.24) is 4.90 Å². The zero-order chi connectivity index (χ0) is 44.6. The Kier molecular flexibility index (Phi) is 15.2. The highest BCUT2D eigenvalue weighted by Crippen LogP contribution is 2.62. The summed E-state index contributed by atoms with van der Waals surface area (Å²) < 4.78 is 27.1. The molecule has 4 aromatic rings. The number of amides is 1. The van der Waals surface area contributed by atoms with Crippen molar-refractivity contribution >= 4 is 34.3 Å². The number of unbranched alkanes of at least 4 members (excludes halogenated alkanes) is 2. The van der Waals surface area contributed by atoms with Crippen LogP contribution in [0.25, 0.3) is 10.8 Å². The predicted octanol–water partition coefficient (Wildman–Crippen LogP) is 11.4. The van der Waals surface area contributed by atoms with Crippen LogP contribution in [-0.4, -0.2) is 77.0 Å². The molecular formula is C52H64N2O8S. The van der Waals surface area contributed by atoms with Crippen LogP contribution >= 0.6 is 11.8 Å². The van der Waals surface area contributed by atoms with Gasteiger partial charge in [0.05, 0.1) is 31.4 Å². The molecule has 0 aromatic heterocycles. The molecular weight excluding hydrogens is 813 g/mol. The van der Waals surface area contributed by atoms with Gasteiger partial charge in [-0.15, -0.1) is 18.3 Å². The van der Waals surface area contributed by atoms with E-state index in [9.17, 15) is 15.0 Å². The second-order valence-electron chi connectivity index (χ2n) is 17.7. The molecule has 0 unspecified atom stereocenters. The van der Waals surface area contributed by atoms with Gasteiger partial charge in [0.15, 0.2) is 0 Å². The Balaban J connectivity index is 1.47. The molecule has 2 N–H and O–H groups in total. The number of hydrogen-bond acceptors (Lipinski definition) is 10. The molecule has 1 heterocycles. The summed E-state index contributed by atoms with van der Waals surface area (Å²) in [6, 6.07) is 27.7. The molecule has 0 saturated heterocycles. The number of ether oxygens (including phenoxy) is 4. The van der Waals surface area contributed by atoms with Crippen molar-refractivity contribution in [2.24, 2.45) is 22.9 Å². The van der Waals surface area contributed by atoms with Crippen LogP contribution in [0.4, 0.5) is 4.79 Å². The number of aliphatic hydroxyl groups excluding tert-OH is 2. The van der Waals surface area contributed by atoms with Gasteiger partial charge in [-0.2, -0.15) is 0 Å². The molecule has 1 saturated carbocycles. The number of benzene rings is 4. The van der Waals surface area contributed by atoms with Gasteiger partial charge in [0, 0.05) is 36.0 Å². The first kappa shape index (κ1) is 46.2. The monoisotopic (exact) mass is 876 g/mol. The van der Waals surface area contributed by atoms with Crippen molar-refractivity contribution in [1.29, 1.82) is 0 Å². The fraction of sp³-hybridized carbons (Fsp3) is 0.462. The standard InChI is InChI=1S/C52H64N2O8S/c1-7-30-59-52-47(54(50(57)58-8-2)34-37-19-15-18-35-16-9-10-20-41(35)37)33-45(53-62-51(3,4)5)43-31-36(17-11-13-28-55)42(21-12-14-29-56)48(49(43)52)44-32-39(24-27-46(44)61-52)60-38-22-25-40(63-6)26-23-38/h7,9-10,15-16,18-20,22-27,31-32,36,42,47-49,55-56H,1,8,11-14,17,21,28-30,33-34H2,2-6H3/t36-,42+,47-,48+,49+,52+/m0/s1. The zero-order valence-corrected chi connectivity index (χ0v) is 38.3. The number of oxime groups is 1. The van der Waals surface area contributed by atoms with Gasteiger partial charge in [-0.3, -0.25) is 4.90 Å². The second-order valence-corrected chi connectivity index (χ2v) is 18.6. The van der Waals surface area contributed by atoms with E-state index in [1.807, 2.05) is 70.2 Å². The smallest absolute Gasteiger partial charge is 0.410 e. The Bertz CT molecular complexity index is 2250. The van der Waals surface area contributed by atoms with E-state index in [0.29, 0.717) is 24.3 Å². The maximum absolute atomic E-state index is 14.7. The van der Waals surface area contributed by atoms with Crippen molar-refractivity contribution in [3.8, 4) is 17.2 Å². The van der Waals surface area contributed by atoms with Gasteiger partial charge in [-0.1, -0.05) is 72.6 Å². The van der Waals surface area contributed by atoms with E-state index in [2.05, 4.69) is 61.4 Å². The molecule has 3 aliphatic rings. The van der Waals surface area contributed by atoms with Gasteiger partial charge in [-0.25, -0.2) is 4.79 Å². The third-order valence-electron chi connectivity index (χ3n) is 12.5. The summed E-state index contributed by atoms with van der Waals surface area (Å²) in [6.07, 6.45) is 10.6. The summed E-state index contributed by atoms with van der Waals surface area (Å²) in [5, 5.41) is 27.1. The van der Waals surface area contributed by atoms with Gasteiger partial charge in [0.2, 0.25) is 5.79 Å². The van der Waals surface area contributed by atoms with E-state index < -0.39 is 29.4 Å². The van der Waals surface area contributed by atoms with Crippen molar-refractivity contribution in [2.45, 2.75) is 107 Å². The number of nitrogens with zero attached hydrogens (tertiary/aromatic N) is 2. The largest absolute Gasteiger partial charge is 0.459 e. The average molecular weight is 877 g/mol. The first-order valence-electron chi connectivity index (χ1n) is 22.5. The molecule has 1 fully saturated rings. The summed E-state index contributed by atoms with van der Waals surface area (Å²) in [5.41, 5.74) is 3.04. The predicted molar refractivity (Wildman–Crippen MR) is 251 cm³/mol. The third-order valence-corrected chi connectivity index (χ3v) is 13.2. The average Bonchev–Trinajstić information content (AvgIpc) is 3.28. The van der Waals surface area contributed by atoms with Crippen molar-refractivity contribution in [2.75, 3.05) is 32.7 Å². The molecule has 7 rings (SSSR count). The zero-order valence-electron chi connectivity index (χ0n) is 37.5. The molecule has 0 radical (unpaired) electrons. The highest BCUT2D eigenvalue weighted by molar-refractivity contribution is 7.98. The Morgan fingerprint density at radius 3 is 2.41 bits per heavy atom. The normalized spacial score (nSPS) is 23.3. The Hall–Kier alpha value is -4.81. The lowest BCUT2D eigenvalue weighted by Crippen LogP contribution is -2.70. The van der Waals surface area contributed by atoms with E-state index >= 15 is 0 Å². The quantitative estimate of drug-likeness (QED) is 0.0411. The maximum Gasteiger partial charge on any atom is 0.410 e. The number of carbonyl (C=O) groups excluding carboxylic acids is 1. The lowest BCUT2D eigenvalue weighted by atomic mass is 9.55. The molecule has 2 aliphatic carbocycles. The summed E-state index contributed by atoms with van der Waals surface area (Å²) in [5.74, 6) is 0.0949. The topological polar surface area (TPSA) is 119 Å². The Morgan fingerprint density at radius 2 is 1.70 bits per heavy atom. The van der Waals surface area contributed by atoms with Crippen LogP contribution in [0.2, 0.25) is 0 Å². The van der Waals surface area contributed by atoms with Crippen LogP contribution in [0.15, 0.2) is 119 Å². The second kappa shape index (κ2) is 20.8. The van der Waals surface area contributed by atoms with Crippen LogP contribution in [0.5, 0.6) is 17.2 Å². The minimum atomic E-state index is -1.43. The molecule has 6 atom stereocenters. The summed E-state index contributed by atoms with van der Waals surface area (Å²) in [7, 11) is 0. The number of rotatable bonds is 19. The Morgan fingerprint density at radius 1 is 0.968 bits per heavy atom. The van der Waals surface area contributed by atoms with E-state index in [1.165, 1.54) is 0 Å². The van der Waals surface area contributed by atoms with Gasteiger partial charge in [0.1, 0.15) is 28.9 Å². The van der Waals surface area contributed by atoms with Gasteiger partial charge < -0.3 is 34.0 Å². The highest BCUT2D eigenvalue weighted by Gasteiger charge is 2.65. The molecule has 0 spiro atoms. The number of fused-ring (bicyclic) bond motifs is 3. The van der Waals surface area contributed by atoms with E-state index in [-0.39, 0.29) is 57.1 Å². The lowest BCUT2D eigenvalue weighted by Gasteiger charge is -2.60. The molecule has 1 amide bonds. The number of hydrogen-bond donors (Lipinski definition) is 2. The first-order valence-corrected chi connectivity index (χ1v) is 23.7. The van der Waals surface area contributed by atoms with Crippen LogP contribution in [0.3, 0.4) is 0 Å². The fourth-order valence-corrected chi connectivity index (χ4v) is 10.2. The molecule has 1 aliphatic heterocycles. The number of allylic oxidation sites excluding steroid dienone is 1. The minimum Gasteiger partial charge on any atom is -0.459 e. The lowest BCUT2D eigenvalue weighted by molar-refractivity contribution is -0.256. The van der Waals surface area contributed by atoms with Crippen LogP contribution in [0.1, 0.15) is 89.7 Å². The summed E-state index contributed by atoms with van der Waals surface area (Å²) in [6.45, 7) is 12.6. The Labute approximate surface area is 377 Å². The van der Waals surface area contributed by atoms with Crippen molar-refractivity contribution in [3.63, 3.8) is 0 Å². The van der Waals surface area contributed by atoms with Crippen LogP contribution < -0.4 is 9.47 Å². The molecule has 10 nitrogen and oxygen atoms in total. The SMILES string of the molecule is C=CCO[C@@]12Oc3ccc(Oc4ccc(SC)cc4)cc3[C@H]3[C@H](CCCCO)[C@@H](CCCCO)C=C(C(=NOC(C)(C)C)C[C@@H]1N(Cc1cccc4ccccc14)C(=O)OCC)[C@H]32. The van der Waals surface area contributed by atoms with Gasteiger partial charge in [0.25, 0.3) is 0 Å². The fourth-order valence-electron chi connectivity index (χ4n) is 9.81. The molecule has 63 heavy (non-hydrogen) atoms. The first-order chi connectivity index (χ1) is 30.5. The molecule has 0 bridgehead atoms. The summed E-state index contributed by atoms with van der Waals surface area (Å²) in [4.78, 5) is 23.9. The minimum absolute atomic E-state index is 0.0621. The number of thioether (sulfide) groups is 1. The van der Waals surface area contributed by atoms with E-state index in [4.69, 9.17) is 28.9 Å². The molecule has 336 valence electrons. The van der Waals surface area contributed by atoms with Crippen LogP contribution in [0, 0.1) is 17.8 Å². The summed E-state index contributed by atoms with van der Waals surface area (Å²) >= 11 is 1.68. The van der Waals surface area contributed by atoms with Crippen LogP contribution in [-0.2, 0) is 20.9 Å². The highest BCUT2D eigenvalue weighted by atomic mass is 32.2. The van der Waals surface area contributed by atoms with Gasteiger partial charge >= 0.3 is 6.09 Å². The van der Waals surface area contributed by atoms with E-state index in [0.717, 1.165) is 69.5 Å². The van der Waals surface area contributed by atoms with Gasteiger partial charge in [-0.05, 0) is 136 Å². The van der Waals surface area contributed by atoms with Crippen molar-refractivity contribution in [3.05, 3.63) is 120 Å². The van der Waals surface area contributed by atoms with Crippen molar-refractivity contribution < 1.29 is 38.8 Å². The number of aliphatic hydroxyl groups is 2.